The molecule has 0 saturated heterocycles. The Morgan fingerprint density at radius 1 is 0.600 bits per heavy atom. The molecular weight excluding hydrogens is 781 g/mol. The molecule has 0 aliphatic carbocycles. The second-order valence-electron chi connectivity index (χ2n) is 16.0. The number of carbonyl (C=O) groups is 2. The van der Waals surface area contributed by atoms with Crippen molar-refractivity contribution in [1.29, 1.82) is 0 Å². The lowest BCUT2D eigenvalue weighted by Crippen LogP contribution is -2.37. The summed E-state index contributed by atoms with van der Waals surface area (Å²) < 4.78 is 34.1. The number of aliphatic hydroxyl groups excluding tert-OH is 2. The van der Waals surface area contributed by atoms with Gasteiger partial charge in [0.2, 0.25) is 0 Å². The summed E-state index contributed by atoms with van der Waals surface area (Å²) in [6, 6.07) is 0. The van der Waals surface area contributed by atoms with Crippen molar-refractivity contribution < 1.29 is 52.3 Å². The Bertz CT molecular complexity index is 1330. The van der Waals surface area contributed by atoms with Crippen LogP contribution in [0.15, 0.2) is 85.1 Å². The summed E-state index contributed by atoms with van der Waals surface area (Å²) in [5.74, 6) is -1.02. The second kappa shape index (κ2) is 39.0. The molecule has 11 nitrogen and oxygen atoms in total. The monoisotopic (exact) mass is 865 g/mol. The van der Waals surface area contributed by atoms with Crippen LogP contribution < -0.4 is 0 Å². The summed E-state index contributed by atoms with van der Waals surface area (Å²) in [5.41, 5.74) is 0. The third-order valence-corrected chi connectivity index (χ3v) is 10.1. The number of ether oxygens (including phenoxy) is 2. The number of quaternary nitrogens is 1. The number of carbonyl (C=O) groups excluding carboxylic acids is 2. The first-order valence-corrected chi connectivity index (χ1v) is 24.0. The number of rotatable bonds is 39. The zero-order valence-electron chi connectivity index (χ0n) is 37.9. The molecule has 0 aliphatic heterocycles. The SMILES string of the molecule is CC/C=C\C/C=C\C/C=C\C/C=C\C/C=C\C/C=C\CCC(=O)O[C@H](COC(=O)CCCCCCC[C@@H](O)[C@H](O)C/C=C\CCCCC)COP(=O)(O)OCC[N+](C)(C)C. The molecule has 0 aliphatic rings. The van der Waals surface area contributed by atoms with Gasteiger partial charge in [0.05, 0.1) is 40.0 Å². The minimum Gasteiger partial charge on any atom is -0.462 e. The number of unbranched alkanes of at least 4 members (excludes halogenated alkanes) is 7. The first-order chi connectivity index (χ1) is 28.8. The molecule has 344 valence electrons. The molecule has 0 heterocycles. The van der Waals surface area contributed by atoms with Gasteiger partial charge in [0.25, 0.3) is 0 Å². The summed E-state index contributed by atoms with van der Waals surface area (Å²) in [6.45, 7) is 3.96. The van der Waals surface area contributed by atoms with E-state index < -0.39 is 44.7 Å². The number of hydrogen-bond acceptors (Lipinski definition) is 9. The van der Waals surface area contributed by atoms with Crippen molar-refractivity contribution in [3.05, 3.63) is 85.1 Å². The summed E-state index contributed by atoms with van der Waals surface area (Å²) in [7, 11) is 1.33. The average Bonchev–Trinajstić information content (AvgIpc) is 3.19. The molecular formula is C48H83NO10P+. The Balaban J connectivity index is 4.61. The van der Waals surface area contributed by atoms with Crippen LogP contribution in [0.4, 0.5) is 0 Å². The van der Waals surface area contributed by atoms with Crippen molar-refractivity contribution in [1.82, 2.24) is 0 Å². The first-order valence-electron chi connectivity index (χ1n) is 22.5. The van der Waals surface area contributed by atoms with Crippen molar-refractivity contribution >= 4 is 19.8 Å². The van der Waals surface area contributed by atoms with E-state index in [9.17, 15) is 29.3 Å². The number of likely N-dealkylation sites (N-methyl/N-ethyl adjacent to an activating group) is 1. The third kappa shape index (κ3) is 40.5. The molecule has 0 bridgehead atoms. The van der Waals surface area contributed by atoms with Crippen LogP contribution in [0.25, 0.3) is 0 Å². The van der Waals surface area contributed by atoms with Crippen LogP contribution in [-0.4, -0.2) is 97.3 Å². The van der Waals surface area contributed by atoms with E-state index in [0.29, 0.717) is 36.7 Å². The standard InChI is InChI=1S/C48H82NO10P/c1-6-8-10-12-14-15-16-17-18-19-20-21-22-23-24-25-26-30-35-39-48(53)59-44(43-58-60(54,55)57-41-40-49(3,4)5)42-56-47(52)38-34-31-27-29-33-37-46(51)45(50)36-32-28-13-11-9-7-2/h8,10,14-15,17-18,20-21,23-24,26,28,30,32,44-46,50-51H,6-7,9,11-13,16,19,22,25,27,29,31,33-43H2,1-5H3/p+1/b10-8-,15-14-,18-17-,21-20-,24-23-,30-26-,32-28-/t44-,45-,46-/m1/s1. The Hall–Kier alpha value is -2.89. The summed E-state index contributed by atoms with van der Waals surface area (Å²) in [4.78, 5) is 35.4. The van der Waals surface area contributed by atoms with Gasteiger partial charge >= 0.3 is 19.8 Å². The molecule has 0 radical (unpaired) electrons. The second-order valence-corrected chi connectivity index (χ2v) is 17.5. The van der Waals surface area contributed by atoms with Crippen LogP contribution in [0.5, 0.6) is 0 Å². The molecule has 0 aromatic rings. The van der Waals surface area contributed by atoms with Gasteiger partial charge in [-0.1, -0.05) is 137 Å². The Morgan fingerprint density at radius 2 is 1.15 bits per heavy atom. The Kier molecular flexibility index (Phi) is 37.1. The fourth-order valence-corrected chi connectivity index (χ4v) is 6.21. The van der Waals surface area contributed by atoms with Gasteiger partial charge in [-0.3, -0.25) is 18.6 Å². The van der Waals surface area contributed by atoms with E-state index in [0.717, 1.165) is 77.0 Å². The summed E-state index contributed by atoms with van der Waals surface area (Å²) in [6.07, 6.45) is 42.4. The molecule has 12 heteroatoms. The third-order valence-electron chi connectivity index (χ3n) is 9.12. The molecule has 0 rings (SSSR count). The van der Waals surface area contributed by atoms with E-state index in [1.165, 1.54) is 12.8 Å². The number of hydrogen-bond donors (Lipinski definition) is 3. The summed E-state index contributed by atoms with van der Waals surface area (Å²) >= 11 is 0. The minimum atomic E-state index is -4.44. The molecule has 0 spiro atoms. The van der Waals surface area contributed by atoms with E-state index in [1.54, 1.807) is 0 Å². The molecule has 1 unspecified atom stereocenters. The highest BCUT2D eigenvalue weighted by Gasteiger charge is 2.27. The van der Waals surface area contributed by atoms with Gasteiger partial charge < -0.3 is 29.1 Å². The topological polar surface area (TPSA) is 149 Å². The van der Waals surface area contributed by atoms with Gasteiger partial charge in [0.15, 0.2) is 6.10 Å². The molecule has 3 N–H and O–H groups in total. The lowest BCUT2D eigenvalue weighted by Gasteiger charge is -2.24. The van der Waals surface area contributed by atoms with E-state index in [-0.39, 0.29) is 26.1 Å². The van der Waals surface area contributed by atoms with Crippen molar-refractivity contribution in [2.45, 2.75) is 161 Å². The molecule has 0 aromatic heterocycles. The highest BCUT2D eigenvalue weighted by molar-refractivity contribution is 7.47. The van der Waals surface area contributed by atoms with Gasteiger partial charge in [-0.2, -0.15) is 0 Å². The van der Waals surface area contributed by atoms with Gasteiger partial charge in [0.1, 0.15) is 19.8 Å². The van der Waals surface area contributed by atoms with Gasteiger partial charge in [-0.05, 0) is 77.0 Å². The Labute approximate surface area is 364 Å². The maximum atomic E-state index is 12.7. The highest BCUT2D eigenvalue weighted by atomic mass is 31.2. The lowest BCUT2D eigenvalue weighted by atomic mass is 10.0. The maximum absolute atomic E-state index is 12.7. The zero-order chi connectivity index (χ0) is 44.6. The number of esters is 2. The van der Waals surface area contributed by atoms with Crippen molar-refractivity contribution in [2.24, 2.45) is 0 Å². The number of phosphoric ester groups is 1. The van der Waals surface area contributed by atoms with E-state index in [2.05, 4.69) is 80.7 Å². The Morgan fingerprint density at radius 3 is 1.73 bits per heavy atom. The number of allylic oxidation sites excluding steroid dienone is 13. The molecule has 0 aromatic carbocycles. The minimum absolute atomic E-state index is 0.0118. The van der Waals surface area contributed by atoms with E-state index in [1.807, 2.05) is 39.4 Å². The average molecular weight is 865 g/mol. The molecule has 4 atom stereocenters. The fraction of sp³-hybridized carbons (Fsp3) is 0.667. The lowest BCUT2D eigenvalue weighted by molar-refractivity contribution is -0.870. The molecule has 0 fully saturated rings. The quantitative estimate of drug-likeness (QED) is 0.0179. The van der Waals surface area contributed by atoms with Crippen molar-refractivity contribution in [2.75, 3.05) is 47.5 Å². The van der Waals surface area contributed by atoms with Gasteiger partial charge in [0, 0.05) is 12.8 Å². The van der Waals surface area contributed by atoms with Crippen LogP contribution in [-0.2, 0) is 32.7 Å². The number of nitrogens with zero attached hydrogens (tertiary/aromatic N) is 1. The molecule has 0 saturated carbocycles. The molecule has 0 amide bonds. The van der Waals surface area contributed by atoms with E-state index in [4.69, 9.17) is 18.5 Å². The predicted octanol–water partition coefficient (Wildman–Crippen LogP) is 10.7. The summed E-state index contributed by atoms with van der Waals surface area (Å²) in [5, 5.41) is 20.5. The number of phosphoric acid groups is 1. The molecule has 60 heavy (non-hydrogen) atoms. The zero-order valence-corrected chi connectivity index (χ0v) is 38.8. The van der Waals surface area contributed by atoms with Crippen molar-refractivity contribution in [3.63, 3.8) is 0 Å². The largest absolute Gasteiger partial charge is 0.472 e. The van der Waals surface area contributed by atoms with Crippen LogP contribution in [0.2, 0.25) is 0 Å². The van der Waals surface area contributed by atoms with Crippen LogP contribution in [0.1, 0.15) is 142 Å². The van der Waals surface area contributed by atoms with Crippen LogP contribution in [0, 0.1) is 0 Å². The van der Waals surface area contributed by atoms with Crippen LogP contribution >= 0.6 is 7.82 Å². The normalized spacial score (nSPS) is 15.4. The highest BCUT2D eigenvalue weighted by Crippen LogP contribution is 2.43. The van der Waals surface area contributed by atoms with Gasteiger partial charge in [-0.15, -0.1) is 0 Å². The fourth-order valence-electron chi connectivity index (χ4n) is 5.47. The first kappa shape index (κ1) is 57.1. The van der Waals surface area contributed by atoms with E-state index >= 15 is 0 Å². The van der Waals surface area contributed by atoms with Gasteiger partial charge in [-0.25, -0.2) is 4.57 Å². The number of aliphatic hydroxyl groups is 2. The van der Waals surface area contributed by atoms with Crippen LogP contribution in [0.3, 0.4) is 0 Å². The predicted molar refractivity (Wildman–Crippen MR) is 245 cm³/mol. The maximum Gasteiger partial charge on any atom is 0.472 e. The smallest absolute Gasteiger partial charge is 0.462 e. The van der Waals surface area contributed by atoms with Crippen molar-refractivity contribution in [3.8, 4) is 0 Å².